The molecule has 4 rings (SSSR count). The first-order chi connectivity index (χ1) is 11.1. The largest absolute Gasteiger partial charge is 0.508 e. The molecule has 0 saturated heterocycles. The van der Waals surface area contributed by atoms with Gasteiger partial charge in [-0.1, -0.05) is 43.0 Å². The van der Waals surface area contributed by atoms with E-state index in [4.69, 9.17) is 4.74 Å². The van der Waals surface area contributed by atoms with E-state index in [1.54, 1.807) is 12.1 Å². The van der Waals surface area contributed by atoms with Crippen LogP contribution in [0.2, 0.25) is 0 Å². The molecule has 3 aromatic carbocycles. The molecule has 112 valence electrons. The maximum Gasteiger partial charge on any atom is 0.139 e. The van der Waals surface area contributed by atoms with Gasteiger partial charge in [0.05, 0.1) is 0 Å². The van der Waals surface area contributed by atoms with Crippen molar-refractivity contribution >= 4 is 12.2 Å². The second kappa shape index (κ2) is 5.03. The highest BCUT2D eigenvalue weighted by Crippen LogP contribution is 2.38. The Hall–Kier alpha value is -3.00. The minimum atomic E-state index is 0.196. The summed E-state index contributed by atoms with van der Waals surface area (Å²) in [6.07, 6.45) is 0. The van der Waals surface area contributed by atoms with Crippen molar-refractivity contribution in [3.05, 3.63) is 87.8 Å². The second-order valence-electron chi connectivity index (χ2n) is 5.80. The van der Waals surface area contributed by atoms with Gasteiger partial charge in [-0.3, -0.25) is 0 Å². The van der Waals surface area contributed by atoms with E-state index in [1.165, 1.54) is 11.1 Å². The third-order valence-corrected chi connectivity index (χ3v) is 4.18. The van der Waals surface area contributed by atoms with Crippen LogP contribution >= 0.6 is 0 Å². The van der Waals surface area contributed by atoms with Crippen LogP contribution in [0, 0.1) is 6.92 Å². The molecule has 2 nitrogen and oxygen atoms in total. The lowest BCUT2D eigenvalue weighted by atomic mass is 9.90. The molecule has 1 N–H and O–H groups in total. The van der Waals surface area contributed by atoms with E-state index in [0.717, 1.165) is 27.3 Å². The lowest BCUT2D eigenvalue weighted by Crippen LogP contribution is -2.19. The predicted molar refractivity (Wildman–Crippen MR) is 92.2 cm³/mol. The number of hydrogen-bond donors (Lipinski definition) is 1. The first-order valence-corrected chi connectivity index (χ1v) is 7.54. The third kappa shape index (κ3) is 2.20. The molecule has 23 heavy (non-hydrogen) atoms. The van der Waals surface area contributed by atoms with E-state index in [9.17, 15) is 5.11 Å². The van der Waals surface area contributed by atoms with Gasteiger partial charge in [0.15, 0.2) is 0 Å². The van der Waals surface area contributed by atoms with Gasteiger partial charge in [-0.15, -0.1) is 0 Å². The summed E-state index contributed by atoms with van der Waals surface area (Å²) < 4.78 is 6.01. The highest BCUT2D eigenvalue weighted by Gasteiger charge is 2.21. The van der Waals surface area contributed by atoms with Crippen LogP contribution in [-0.2, 0) is 0 Å². The predicted octanol–water partition coefficient (Wildman–Crippen LogP) is 3.46. The number of hydrogen-bond acceptors (Lipinski definition) is 2. The normalized spacial score (nSPS) is 12.3. The highest BCUT2D eigenvalue weighted by molar-refractivity contribution is 5.86. The van der Waals surface area contributed by atoms with E-state index in [-0.39, 0.29) is 5.75 Å². The van der Waals surface area contributed by atoms with Gasteiger partial charge in [-0.25, -0.2) is 0 Å². The molecule has 0 bridgehead atoms. The van der Waals surface area contributed by atoms with Crippen LogP contribution in [0.25, 0.3) is 12.2 Å². The number of aromatic hydroxyl groups is 1. The van der Waals surface area contributed by atoms with Crippen molar-refractivity contribution in [2.45, 2.75) is 6.92 Å². The fraction of sp³-hybridized carbons (Fsp3) is 0.0476. The molecule has 0 saturated carbocycles. The maximum absolute atomic E-state index is 9.80. The summed E-state index contributed by atoms with van der Waals surface area (Å²) >= 11 is 0. The summed E-state index contributed by atoms with van der Waals surface area (Å²) in [4.78, 5) is 0. The molecule has 0 radical (unpaired) electrons. The summed E-state index contributed by atoms with van der Waals surface area (Å²) in [5.41, 5.74) is 4.48. The Morgan fingerprint density at radius 3 is 2.52 bits per heavy atom. The van der Waals surface area contributed by atoms with Crippen molar-refractivity contribution in [3.63, 3.8) is 0 Å². The Morgan fingerprint density at radius 2 is 1.70 bits per heavy atom. The van der Waals surface area contributed by atoms with Crippen molar-refractivity contribution in [2.75, 3.05) is 0 Å². The third-order valence-electron chi connectivity index (χ3n) is 4.18. The molecule has 1 heterocycles. The van der Waals surface area contributed by atoms with Crippen molar-refractivity contribution in [1.82, 2.24) is 0 Å². The first kappa shape index (κ1) is 13.6. The zero-order chi connectivity index (χ0) is 16.0. The first-order valence-electron chi connectivity index (χ1n) is 7.54. The average Bonchev–Trinajstić information content (AvgIpc) is 2.53. The van der Waals surface area contributed by atoms with Gasteiger partial charge in [-0.2, -0.15) is 0 Å². The minimum absolute atomic E-state index is 0.196. The number of phenolic OH excluding ortho intramolecular Hbond substituents is 1. The van der Waals surface area contributed by atoms with Gasteiger partial charge in [0.25, 0.3) is 0 Å². The van der Waals surface area contributed by atoms with Crippen LogP contribution in [0.1, 0.15) is 16.7 Å². The van der Waals surface area contributed by atoms with Gasteiger partial charge in [0.2, 0.25) is 0 Å². The number of fused-ring (bicyclic) bond motifs is 2. The lowest BCUT2D eigenvalue weighted by Gasteiger charge is -2.22. The molecule has 0 unspecified atom stereocenters. The molecule has 2 heteroatoms. The fourth-order valence-corrected chi connectivity index (χ4v) is 3.07. The topological polar surface area (TPSA) is 29.5 Å². The van der Waals surface area contributed by atoms with Crippen molar-refractivity contribution in [3.8, 4) is 17.2 Å². The van der Waals surface area contributed by atoms with E-state index in [0.29, 0.717) is 5.75 Å². The van der Waals surface area contributed by atoms with Crippen LogP contribution in [0.3, 0.4) is 0 Å². The molecule has 0 aliphatic carbocycles. The Balaban J connectivity index is 2.16. The van der Waals surface area contributed by atoms with Gasteiger partial charge < -0.3 is 9.84 Å². The molecule has 1 aliphatic rings. The standard InChI is InChI=1S/C21H16O2/c1-13-7-9-17-19(11-13)23-20-12-15(22)8-10-18(20)21(17)16-6-4-3-5-14(16)2/h3-12,22H,1H2,2H3. The summed E-state index contributed by atoms with van der Waals surface area (Å²) in [5.74, 6) is 1.64. The molecule has 0 atom stereocenters. The van der Waals surface area contributed by atoms with Crippen LogP contribution in [0.15, 0.2) is 60.7 Å². The van der Waals surface area contributed by atoms with Gasteiger partial charge >= 0.3 is 0 Å². The van der Waals surface area contributed by atoms with E-state index < -0.39 is 0 Å². The second-order valence-corrected chi connectivity index (χ2v) is 5.80. The SMILES string of the molecule is C=c1ccc2c(c1)Oc1cc(O)ccc1C=2c1ccccc1C. The van der Waals surface area contributed by atoms with Crippen LogP contribution in [0.5, 0.6) is 17.2 Å². The zero-order valence-electron chi connectivity index (χ0n) is 12.8. The van der Waals surface area contributed by atoms with Gasteiger partial charge in [-0.05, 0) is 41.5 Å². The molecule has 3 aromatic rings. The number of aryl methyl sites for hydroxylation is 1. The monoisotopic (exact) mass is 300 g/mol. The van der Waals surface area contributed by atoms with Crippen molar-refractivity contribution in [1.29, 1.82) is 0 Å². The number of benzene rings is 3. The Labute approximate surface area is 134 Å². The van der Waals surface area contributed by atoms with Gasteiger partial charge in [0.1, 0.15) is 17.2 Å². The zero-order valence-corrected chi connectivity index (χ0v) is 12.8. The van der Waals surface area contributed by atoms with Crippen LogP contribution in [0.4, 0.5) is 0 Å². The summed E-state index contributed by atoms with van der Waals surface area (Å²) in [6, 6.07) is 19.5. The fourth-order valence-electron chi connectivity index (χ4n) is 3.07. The van der Waals surface area contributed by atoms with Crippen molar-refractivity contribution < 1.29 is 9.84 Å². The lowest BCUT2D eigenvalue weighted by molar-refractivity contribution is 0.450. The Kier molecular flexibility index (Phi) is 2.98. The maximum atomic E-state index is 9.80. The average molecular weight is 300 g/mol. The molecule has 0 fully saturated rings. The number of rotatable bonds is 1. The van der Waals surface area contributed by atoms with Gasteiger partial charge in [0, 0.05) is 22.4 Å². The van der Waals surface area contributed by atoms with E-state index in [2.05, 4.69) is 31.7 Å². The minimum Gasteiger partial charge on any atom is -0.508 e. The van der Waals surface area contributed by atoms with Crippen LogP contribution < -0.4 is 15.2 Å². The molecule has 0 spiro atoms. The number of phenols is 1. The Bertz CT molecular complexity index is 1030. The van der Waals surface area contributed by atoms with E-state index in [1.807, 2.05) is 30.3 Å². The summed E-state index contributed by atoms with van der Waals surface area (Å²) in [7, 11) is 0. The molecule has 0 aromatic heterocycles. The molecule has 0 amide bonds. The quantitative estimate of drug-likeness (QED) is 0.583. The summed E-state index contributed by atoms with van der Waals surface area (Å²) in [6.45, 7) is 6.08. The molecular formula is C21H16O2. The smallest absolute Gasteiger partial charge is 0.139 e. The number of ether oxygens (including phenoxy) is 1. The highest BCUT2D eigenvalue weighted by atomic mass is 16.5. The summed E-state index contributed by atoms with van der Waals surface area (Å²) in [5, 5.41) is 11.7. The van der Waals surface area contributed by atoms with Crippen molar-refractivity contribution in [2.24, 2.45) is 0 Å². The molecular weight excluding hydrogens is 284 g/mol. The Morgan fingerprint density at radius 1 is 0.870 bits per heavy atom. The van der Waals surface area contributed by atoms with Crippen LogP contribution in [-0.4, -0.2) is 5.11 Å². The molecule has 1 aliphatic heterocycles. The van der Waals surface area contributed by atoms with E-state index >= 15 is 0 Å².